The van der Waals surface area contributed by atoms with Gasteiger partial charge < -0.3 is 5.32 Å². The lowest BCUT2D eigenvalue weighted by atomic mass is 10.2. The largest absolute Gasteiger partial charge is 0.359 e. The molecule has 0 aliphatic carbocycles. The Labute approximate surface area is 170 Å². The smallest absolute Gasteiger partial charge is 0.269 e. The molecular formula is C19H16F2N4O3S. The molecule has 1 heterocycles. The van der Waals surface area contributed by atoms with Gasteiger partial charge >= 0.3 is 0 Å². The molecule has 0 aromatic heterocycles. The monoisotopic (exact) mass is 418 g/mol. The Morgan fingerprint density at radius 3 is 2.41 bits per heavy atom. The summed E-state index contributed by atoms with van der Waals surface area (Å²) in [5.74, 6) is -2.82. The molecule has 1 aliphatic heterocycles. The number of hydrazine groups is 1. The standard InChI is InChI=1S/C19H16F2N4O3S/c1-22-16(26)10-15-18(28)24(14-7-5-12(20)6-8-14)19(29)25(15)23-17(27)11-3-2-4-13(21)9-11/h2-9,15H,10H2,1H3,(H,22,26)(H,23,27). The summed E-state index contributed by atoms with van der Waals surface area (Å²) in [6.07, 6.45) is -0.281. The van der Waals surface area contributed by atoms with Crippen molar-refractivity contribution >= 4 is 40.7 Å². The van der Waals surface area contributed by atoms with Crippen LogP contribution in [0.3, 0.4) is 0 Å². The van der Waals surface area contributed by atoms with Crippen LogP contribution >= 0.6 is 12.2 Å². The van der Waals surface area contributed by atoms with E-state index in [1.54, 1.807) is 0 Å². The Morgan fingerprint density at radius 1 is 1.10 bits per heavy atom. The molecule has 3 amide bonds. The Kier molecular flexibility index (Phi) is 5.83. The number of hydrogen-bond donors (Lipinski definition) is 2. The van der Waals surface area contributed by atoms with Crippen molar-refractivity contribution in [2.45, 2.75) is 12.5 Å². The van der Waals surface area contributed by atoms with Crippen LogP contribution < -0.4 is 15.6 Å². The van der Waals surface area contributed by atoms with Gasteiger partial charge in [-0.2, -0.15) is 0 Å². The van der Waals surface area contributed by atoms with Crippen LogP contribution in [0.1, 0.15) is 16.8 Å². The normalized spacial score (nSPS) is 16.2. The SMILES string of the molecule is CNC(=O)CC1C(=O)N(c2ccc(F)cc2)C(=S)N1NC(=O)c1cccc(F)c1. The van der Waals surface area contributed by atoms with Crippen LogP contribution in [0.4, 0.5) is 14.5 Å². The van der Waals surface area contributed by atoms with Crippen LogP contribution in [0.2, 0.25) is 0 Å². The summed E-state index contributed by atoms with van der Waals surface area (Å²) in [5, 5.41) is 3.40. The predicted molar refractivity (Wildman–Crippen MR) is 105 cm³/mol. The maximum absolute atomic E-state index is 13.4. The number of anilines is 1. The molecule has 2 aromatic rings. The highest BCUT2D eigenvalue weighted by atomic mass is 32.1. The van der Waals surface area contributed by atoms with Gasteiger partial charge in [0.05, 0.1) is 12.1 Å². The summed E-state index contributed by atoms with van der Waals surface area (Å²) in [6, 6.07) is 8.88. The first kappa shape index (κ1) is 20.3. The number of benzene rings is 2. The Bertz CT molecular complexity index is 984. The van der Waals surface area contributed by atoms with Gasteiger partial charge in [-0.3, -0.25) is 24.7 Å². The van der Waals surface area contributed by atoms with Crippen molar-refractivity contribution in [2.24, 2.45) is 0 Å². The molecule has 2 aromatic carbocycles. The molecule has 1 atom stereocenters. The van der Waals surface area contributed by atoms with E-state index in [0.29, 0.717) is 0 Å². The highest BCUT2D eigenvalue weighted by molar-refractivity contribution is 7.80. The predicted octanol–water partition coefficient (Wildman–Crippen LogP) is 1.75. The molecule has 150 valence electrons. The Balaban J connectivity index is 1.92. The van der Waals surface area contributed by atoms with Crippen molar-refractivity contribution in [1.82, 2.24) is 15.8 Å². The summed E-state index contributed by atoms with van der Waals surface area (Å²) >= 11 is 5.33. The van der Waals surface area contributed by atoms with Crippen molar-refractivity contribution < 1.29 is 23.2 Å². The first-order chi connectivity index (χ1) is 13.8. The van der Waals surface area contributed by atoms with Crippen LogP contribution in [0, 0.1) is 11.6 Å². The van der Waals surface area contributed by atoms with Gasteiger partial charge in [-0.05, 0) is 54.7 Å². The minimum atomic E-state index is -1.12. The molecule has 0 saturated carbocycles. The average Bonchev–Trinajstić information content (AvgIpc) is 2.92. The van der Waals surface area contributed by atoms with Crippen molar-refractivity contribution in [3.63, 3.8) is 0 Å². The van der Waals surface area contributed by atoms with Crippen LogP contribution in [-0.4, -0.2) is 40.9 Å². The minimum Gasteiger partial charge on any atom is -0.359 e. The van der Waals surface area contributed by atoms with E-state index in [2.05, 4.69) is 10.7 Å². The third kappa shape index (κ3) is 4.21. The van der Waals surface area contributed by atoms with E-state index in [4.69, 9.17) is 12.2 Å². The van der Waals surface area contributed by atoms with Crippen molar-refractivity contribution in [1.29, 1.82) is 0 Å². The lowest BCUT2D eigenvalue weighted by Gasteiger charge is -2.24. The molecule has 1 unspecified atom stereocenters. The number of hydrogen-bond acceptors (Lipinski definition) is 4. The molecule has 1 aliphatic rings. The topological polar surface area (TPSA) is 81.8 Å². The summed E-state index contributed by atoms with van der Waals surface area (Å²) in [7, 11) is 1.41. The first-order valence-electron chi connectivity index (χ1n) is 8.51. The van der Waals surface area contributed by atoms with Gasteiger partial charge in [0.25, 0.3) is 11.8 Å². The number of carbonyl (C=O) groups excluding carboxylic acids is 3. The number of thiocarbonyl (C=S) groups is 1. The van der Waals surface area contributed by atoms with Gasteiger partial charge in [0.15, 0.2) is 0 Å². The fraction of sp³-hybridized carbons (Fsp3) is 0.158. The van der Waals surface area contributed by atoms with Gasteiger partial charge in [0, 0.05) is 12.6 Å². The lowest BCUT2D eigenvalue weighted by Crippen LogP contribution is -2.50. The molecule has 29 heavy (non-hydrogen) atoms. The molecule has 3 rings (SSSR count). The number of rotatable bonds is 5. The van der Waals surface area contributed by atoms with E-state index in [1.165, 1.54) is 37.4 Å². The van der Waals surface area contributed by atoms with E-state index < -0.39 is 35.4 Å². The van der Waals surface area contributed by atoms with E-state index in [1.807, 2.05) is 0 Å². The average molecular weight is 418 g/mol. The zero-order chi connectivity index (χ0) is 21.1. The van der Waals surface area contributed by atoms with E-state index in [9.17, 15) is 23.2 Å². The molecule has 7 nitrogen and oxygen atoms in total. The third-order valence-corrected chi connectivity index (χ3v) is 4.64. The van der Waals surface area contributed by atoms with E-state index >= 15 is 0 Å². The van der Waals surface area contributed by atoms with Crippen molar-refractivity contribution in [3.8, 4) is 0 Å². The van der Waals surface area contributed by atoms with Crippen molar-refractivity contribution in [2.75, 3.05) is 11.9 Å². The second-order valence-electron chi connectivity index (χ2n) is 6.15. The summed E-state index contributed by atoms with van der Waals surface area (Å²) in [4.78, 5) is 38.5. The number of halogens is 2. The summed E-state index contributed by atoms with van der Waals surface area (Å²) < 4.78 is 26.7. The number of amides is 3. The lowest BCUT2D eigenvalue weighted by molar-refractivity contribution is -0.127. The fourth-order valence-electron chi connectivity index (χ4n) is 2.81. The van der Waals surface area contributed by atoms with Crippen LogP contribution in [0.5, 0.6) is 0 Å². The third-order valence-electron chi connectivity index (χ3n) is 4.27. The van der Waals surface area contributed by atoms with Gasteiger partial charge in [-0.25, -0.2) is 13.8 Å². The Morgan fingerprint density at radius 2 is 1.79 bits per heavy atom. The van der Waals surface area contributed by atoms with Gasteiger partial charge in [-0.1, -0.05) is 6.07 Å². The van der Waals surface area contributed by atoms with Gasteiger partial charge in [0.1, 0.15) is 17.7 Å². The number of nitrogens with one attached hydrogen (secondary N) is 2. The molecule has 10 heteroatoms. The first-order valence-corrected chi connectivity index (χ1v) is 8.92. The summed E-state index contributed by atoms with van der Waals surface area (Å²) in [6.45, 7) is 0. The molecular weight excluding hydrogens is 402 g/mol. The molecule has 0 spiro atoms. The van der Waals surface area contributed by atoms with Crippen LogP contribution in [0.15, 0.2) is 48.5 Å². The second-order valence-corrected chi connectivity index (χ2v) is 6.51. The number of nitrogens with zero attached hydrogens (tertiary/aromatic N) is 2. The van der Waals surface area contributed by atoms with Crippen LogP contribution in [-0.2, 0) is 9.59 Å². The maximum atomic E-state index is 13.4. The van der Waals surface area contributed by atoms with Crippen molar-refractivity contribution in [3.05, 3.63) is 65.7 Å². The highest BCUT2D eigenvalue weighted by Crippen LogP contribution is 2.26. The summed E-state index contributed by atoms with van der Waals surface area (Å²) in [5.41, 5.74) is 2.76. The number of carbonyl (C=O) groups is 3. The fourth-order valence-corrected chi connectivity index (χ4v) is 3.18. The van der Waals surface area contributed by atoms with E-state index in [-0.39, 0.29) is 22.8 Å². The molecule has 1 fully saturated rings. The zero-order valence-electron chi connectivity index (χ0n) is 15.2. The quantitative estimate of drug-likeness (QED) is 0.723. The van der Waals surface area contributed by atoms with Gasteiger partial charge in [-0.15, -0.1) is 0 Å². The highest BCUT2D eigenvalue weighted by Gasteiger charge is 2.45. The molecule has 0 radical (unpaired) electrons. The second kappa shape index (κ2) is 8.31. The molecule has 0 bridgehead atoms. The maximum Gasteiger partial charge on any atom is 0.269 e. The van der Waals surface area contributed by atoms with Crippen LogP contribution in [0.25, 0.3) is 0 Å². The minimum absolute atomic E-state index is 0.0131. The molecule has 1 saturated heterocycles. The Hall–Kier alpha value is -3.40. The molecule has 2 N–H and O–H groups in total. The van der Waals surface area contributed by atoms with E-state index in [0.717, 1.165) is 28.1 Å². The van der Waals surface area contributed by atoms with Gasteiger partial charge in [0.2, 0.25) is 11.0 Å². The zero-order valence-corrected chi connectivity index (χ0v) is 16.0.